The van der Waals surface area contributed by atoms with Crippen LogP contribution in [0.15, 0.2) is 18.2 Å². The van der Waals surface area contributed by atoms with Gasteiger partial charge in [0.25, 0.3) is 0 Å². The average Bonchev–Trinajstić information content (AvgIpc) is 2.16. The van der Waals surface area contributed by atoms with Crippen molar-refractivity contribution < 1.29 is 14.6 Å². The molecule has 0 aliphatic rings. The third-order valence-corrected chi connectivity index (χ3v) is 2.34. The minimum atomic E-state index is -0.869. The Morgan fingerprint density at radius 2 is 2.21 bits per heavy atom. The van der Waals surface area contributed by atoms with Crippen molar-refractivity contribution >= 4 is 17.6 Å². The predicted octanol–water partition coefficient (Wildman–Crippen LogP) is 2.54. The number of carboxylic acids is 1. The second kappa shape index (κ2) is 4.33. The normalized spacial score (nSPS) is 12.2. The zero-order chi connectivity index (χ0) is 10.7. The van der Waals surface area contributed by atoms with Crippen molar-refractivity contribution in [1.29, 1.82) is 0 Å². The standard InChI is InChI=1S/C10H11ClO3/c1-6(10(12)13)7-3-4-9(14-2)8(11)5-7/h3-6H,1-2H3,(H,12,13). The highest BCUT2D eigenvalue weighted by Gasteiger charge is 2.14. The zero-order valence-corrected chi connectivity index (χ0v) is 8.71. The average molecular weight is 215 g/mol. The van der Waals surface area contributed by atoms with Gasteiger partial charge in [0, 0.05) is 0 Å². The number of benzene rings is 1. The molecule has 76 valence electrons. The highest BCUT2D eigenvalue weighted by Crippen LogP contribution is 2.28. The Bertz CT molecular complexity index is 349. The van der Waals surface area contributed by atoms with Crippen molar-refractivity contribution in [2.45, 2.75) is 12.8 Å². The Hall–Kier alpha value is -1.22. The van der Waals surface area contributed by atoms with E-state index in [1.807, 2.05) is 0 Å². The largest absolute Gasteiger partial charge is 0.495 e. The monoisotopic (exact) mass is 214 g/mol. The number of hydrogen-bond donors (Lipinski definition) is 1. The first-order chi connectivity index (χ1) is 6.56. The van der Waals surface area contributed by atoms with Crippen LogP contribution in [0.5, 0.6) is 5.75 Å². The Balaban J connectivity index is 3.02. The van der Waals surface area contributed by atoms with E-state index >= 15 is 0 Å². The molecule has 4 heteroatoms. The van der Waals surface area contributed by atoms with E-state index in [4.69, 9.17) is 21.4 Å². The second-order valence-corrected chi connectivity index (χ2v) is 3.36. The number of aliphatic carboxylic acids is 1. The maximum Gasteiger partial charge on any atom is 0.310 e. The molecule has 3 nitrogen and oxygen atoms in total. The Labute approximate surface area is 87.3 Å². The molecule has 1 atom stereocenters. The number of ether oxygens (including phenoxy) is 1. The molecule has 0 aliphatic heterocycles. The highest BCUT2D eigenvalue weighted by molar-refractivity contribution is 6.32. The molecule has 0 saturated carbocycles. The number of rotatable bonds is 3. The quantitative estimate of drug-likeness (QED) is 0.841. The Morgan fingerprint density at radius 1 is 1.57 bits per heavy atom. The van der Waals surface area contributed by atoms with Crippen LogP contribution in [-0.2, 0) is 4.79 Å². The fourth-order valence-corrected chi connectivity index (χ4v) is 1.36. The molecule has 1 aromatic rings. The molecule has 1 rings (SSSR count). The third kappa shape index (κ3) is 2.17. The van der Waals surface area contributed by atoms with Crippen molar-refractivity contribution in [3.8, 4) is 5.75 Å². The van der Waals surface area contributed by atoms with Crippen molar-refractivity contribution in [2.24, 2.45) is 0 Å². The van der Waals surface area contributed by atoms with Gasteiger partial charge in [0.15, 0.2) is 0 Å². The van der Waals surface area contributed by atoms with Crippen LogP contribution >= 0.6 is 11.6 Å². The van der Waals surface area contributed by atoms with Gasteiger partial charge in [-0.15, -0.1) is 0 Å². The van der Waals surface area contributed by atoms with Gasteiger partial charge in [-0.2, -0.15) is 0 Å². The van der Waals surface area contributed by atoms with E-state index in [1.165, 1.54) is 7.11 Å². The molecule has 1 aromatic carbocycles. The number of hydrogen-bond acceptors (Lipinski definition) is 2. The summed E-state index contributed by atoms with van der Waals surface area (Å²) in [7, 11) is 1.52. The fourth-order valence-electron chi connectivity index (χ4n) is 1.09. The van der Waals surface area contributed by atoms with Crippen molar-refractivity contribution in [3.05, 3.63) is 28.8 Å². The zero-order valence-electron chi connectivity index (χ0n) is 7.95. The lowest BCUT2D eigenvalue weighted by Crippen LogP contribution is -2.07. The summed E-state index contributed by atoms with van der Waals surface area (Å²) in [6.45, 7) is 1.61. The molecule has 1 unspecified atom stereocenters. The first kappa shape index (κ1) is 10.9. The van der Waals surface area contributed by atoms with Gasteiger partial charge >= 0.3 is 5.97 Å². The number of carboxylic acid groups (broad SMARTS) is 1. The van der Waals surface area contributed by atoms with E-state index in [0.29, 0.717) is 16.3 Å². The minimum Gasteiger partial charge on any atom is -0.495 e. The molecule has 1 N–H and O–H groups in total. The smallest absolute Gasteiger partial charge is 0.310 e. The van der Waals surface area contributed by atoms with Gasteiger partial charge in [-0.3, -0.25) is 4.79 Å². The van der Waals surface area contributed by atoms with Crippen molar-refractivity contribution in [1.82, 2.24) is 0 Å². The van der Waals surface area contributed by atoms with E-state index in [9.17, 15) is 4.79 Å². The number of methoxy groups -OCH3 is 1. The van der Waals surface area contributed by atoms with Crippen LogP contribution in [0.1, 0.15) is 18.4 Å². The lowest BCUT2D eigenvalue weighted by molar-refractivity contribution is -0.138. The van der Waals surface area contributed by atoms with Crippen LogP contribution in [0.25, 0.3) is 0 Å². The van der Waals surface area contributed by atoms with E-state index in [0.717, 1.165) is 0 Å². The van der Waals surface area contributed by atoms with Gasteiger partial charge in [-0.1, -0.05) is 17.7 Å². The van der Waals surface area contributed by atoms with Crippen molar-refractivity contribution in [3.63, 3.8) is 0 Å². The van der Waals surface area contributed by atoms with Gasteiger partial charge in [0.05, 0.1) is 18.1 Å². The molecule has 0 saturated heterocycles. The molecular formula is C10H11ClO3. The fraction of sp³-hybridized carbons (Fsp3) is 0.300. The molecule has 0 heterocycles. The first-order valence-corrected chi connectivity index (χ1v) is 4.50. The van der Waals surface area contributed by atoms with Crippen LogP contribution in [0.4, 0.5) is 0 Å². The third-order valence-electron chi connectivity index (χ3n) is 2.05. The van der Waals surface area contributed by atoms with Gasteiger partial charge in [-0.25, -0.2) is 0 Å². The van der Waals surface area contributed by atoms with E-state index in [2.05, 4.69) is 0 Å². The molecule has 0 fully saturated rings. The van der Waals surface area contributed by atoms with Crippen LogP contribution in [-0.4, -0.2) is 18.2 Å². The molecular weight excluding hydrogens is 204 g/mol. The molecule has 0 spiro atoms. The molecule has 0 radical (unpaired) electrons. The van der Waals surface area contributed by atoms with Crippen LogP contribution in [0.2, 0.25) is 5.02 Å². The lowest BCUT2D eigenvalue weighted by Gasteiger charge is -2.09. The summed E-state index contributed by atoms with van der Waals surface area (Å²) < 4.78 is 4.96. The maximum absolute atomic E-state index is 10.7. The Kier molecular flexibility index (Phi) is 3.36. The van der Waals surface area contributed by atoms with E-state index in [-0.39, 0.29) is 0 Å². The van der Waals surface area contributed by atoms with E-state index < -0.39 is 11.9 Å². The summed E-state index contributed by atoms with van der Waals surface area (Å²) in [4.78, 5) is 10.7. The summed E-state index contributed by atoms with van der Waals surface area (Å²) in [5, 5.41) is 9.21. The SMILES string of the molecule is COc1ccc(C(C)C(=O)O)cc1Cl. The highest BCUT2D eigenvalue weighted by atomic mass is 35.5. The summed E-state index contributed by atoms with van der Waals surface area (Å²) >= 11 is 5.86. The van der Waals surface area contributed by atoms with Gasteiger partial charge in [0.2, 0.25) is 0 Å². The molecule has 0 aliphatic carbocycles. The van der Waals surface area contributed by atoms with Crippen LogP contribution in [0.3, 0.4) is 0 Å². The van der Waals surface area contributed by atoms with Gasteiger partial charge in [0.1, 0.15) is 5.75 Å². The van der Waals surface area contributed by atoms with Crippen LogP contribution < -0.4 is 4.74 Å². The van der Waals surface area contributed by atoms with Gasteiger partial charge < -0.3 is 9.84 Å². The topological polar surface area (TPSA) is 46.5 Å². The number of carbonyl (C=O) groups is 1. The molecule has 14 heavy (non-hydrogen) atoms. The Morgan fingerprint density at radius 3 is 2.64 bits per heavy atom. The summed E-state index contributed by atoms with van der Waals surface area (Å²) in [5.74, 6) is -0.877. The van der Waals surface area contributed by atoms with Crippen LogP contribution in [0, 0.1) is 0 Å². The van der Waals surface area contributed by atoms with Gasteiger partial charge in [-0.05, 0) is 24.6 Å². The van der Waals surface area contributed by atoms with E-state index in [1.54, 1.807) is 25.1 Å². The molecule has 0 bridgehead atoms. The summed E-state index contributed by atoms with van der Waals surface area (Å²) in [5.41, 5.74) is 0.670. The summed E-state index contributed by atoms with van der Waals surface area (Å²) in [6, 6.07) is 4.97. The van der Waals surface area contributed by atoms with Crippen molar-refractivity contribution in [2.75, 3.05) is 7.11 Å². The summed E-state index contributed by atoms with van der Waals surface area (Å²) in [6.07, 6.45) is 0. The minimum absolute atomic E-state index is 0.429. The second-order valence-electron chi connectivity index (χ2n) is 2.95. The maximum atomic E-state index is 10.7. The predicted molar refractivity (Wildman–Crippen MR) is 54.1 cm³/mol. The number of halogens is 1. The molecule has 0 amide bonds. The first-order valence-electron chi connectivity index (χ1n) is 4.12. The molecule has 0 aromatic heterocycles. The lowest BCUT2D eigenvalue weighted by atomic mass is 10.0.